The van der Waals surface area contributed by atoms with Crippen molar-refractivity contribution in [2.24, 2.45) is 0 Å². The summed E-state index contributed by atoms with van der Waals surface area (Å²) in [7, 11) is 0. The lowest BCUT2D eigenvalue weighted by Gasteiger charge is -2.25. The van der Waals surface area contributed by atoms with E-state index in [1.54, 1.807) is 0 Å². The largest absolute Gasteiger partial charge is 0.377 e. The number of rotatable bonds is 5. The predicted molar refractivity (Wildman–Crippen MR) is 60.6 cm³/mol. The maximum absolute atomic E-state index is 5.91. The fourth-order valence-corrected chi connectivity index (χ4v) is 2.24. The zero-order valence-corrected chi connectivity index (χ0v) is 9.72. The smallest absolute Gasteiger partial charge is 0.0728 e. The summed E-state index contributed by atoms with van der Waals surface area (Å²) in [5.41, 5.74) is 0. The molecule has 1 aliphatic rings. The first-order chi connectivity index (χ1) is 6.88. The Balaban J connectivity index is 2.37. The van der Waals surface area contributed by atoms with Gasteiger partial charge in [0.15, 0.2) is 0 Å². The van der Waals surface area contributed by atoms with E-state index in [-0.39, 0.29) is 0 Å². The molecular weight excluding hydrogens is 174 g/mol. The van der Waals surface area contributed by atoms with E-state index in [2.05, 4.69) is 19.2 Å². The maximum atomic E-state index is 5.91. The lowest BCUT2D eigenvalue weighted by atomic mass is 10.1. The van der Waals surface area contributed by atoms with Crippen LogP contribution in [0.5, 0.6) is 0 Å². The summed E-state index contributed by atoms with van der Waals surface area (Å²) in [4.78, 5) is 0. The van der Waals surface area contributed by atoms with Crippen molar-refractivity contribution in [3.05, 3.63) is 0 Å². The SMILES string of the molecule is CCCOC1CCCCCC1NCC. The number of hydrogen-bond acceptors (Lipinski definition) is 2. The molecule has 1 fully saturated rings. The van der Waals surface area contributed by atoms with Crippen molar-refractivity contribution >= 4 is 0 Å². The van der Waals surface area contributed by atoms with Crippen molar-refractivity contribution in [3.63, 3.8) is 0 Å². The summed E-state index contributed by atoms with van der Waals surface area (Å²) in [6.45, 7) is 6.35. The molecule has 0 aromatic carbocycles. The molecule has 0 heterocycles. The standard InChI is InChI=1S/C12H25NO/c1-3-10-14-12-9-7-5-6-8-11(12)13-4-2/h11-13H,3-10H2,1-2H3. The average Bonchev–Trinajstić information content (AvgIpc) is 2.41. The fourth-order valence-electron chi connectivity index (χ4n) is 2.24. The molecule has 1 saturated carbocycles. The normalized spacial score (nSPS) is 28.7. The molecule has 1 aliphatic carbocycles. The summed E-state index contributed by atoms with van der Waals surface area (Å²) in [6.07, 6.45) is 8.24. The first-order valence-electron chi connectivity index (χ1n) is 6.23. The van der Waals surface area contributed by atoms with Gasteiger partial charge >= 0.3 is 0 Å². The molecule has 1 rings (SSSR count). The van der Waals surface area contributed by atoms with Crippen LogP contribution >= 0.6 is 0 Å². The summed E-state index contributed by atoms with van der Waals surface area (Å²) in [6, 6.07) is 0.606. The summed E-state index contributed by atoms with van der Waals surface area (Å²) >= 11 is 0. The van der Waals surface area contributed by atoms with E-state index in [0.29, 0.717) is 12.1 Å². The second-order valence-corrected chi connectivity index (χ2v) is 4.21. The molecule has 0 bridgehead atoms. The molecule has 0 aromatic heterocycles. The second-order valence-electron chi connectivity index (χ2n) is 4.21. The molecule has 0 saturated heterocycles. The Morgan fingerprint density at radius 3 is 2.64 bits per heavy atom. The highest BCUT2D eigenvalue weighted by Crippen LogP contribution is 2.20. The number of ether oxygens (including phenoxy) is 1. The van der Waals surface area contributed by atoms with Gasteiger partial charge in [0.05, 0.1) is 6.10 Å². The third-order valence-corrected chi connectivity index (χ3v) is 2.95. The fraction of sp³-hybridized carbons (Fsp3) is 1.00. The molecule has 1 N–H and O–H groups in total. The van der Waals surface area contributed by atoms with Crippen molar-refractivity contribution in [3.8, 4) is 0 Å². The van der Waals surface area contributed by atoms with Crippen LogP contribution in [0.4, 0.5) is 0 Å². The van der Waals surface area contributed by atoms with Crippen molar-refractivity contribution in [2.45, 2.75) is 64.5 Å². The van der Waals surface area contributed by atoms with Crippen LogP contribution in [0.2, 0.25) is 0 Å². The minimum absolute atomic E-state index is 0.470. The van der Waals surface area contributed by atoms with Crippen LogP contribution in [-0.2, 0) is 4.74 Å². The van der Waals surface area contributed by atoms with Gasteiger partial charge in [0.1, 0.15) is 0 Å². The molecule has 84 valence electrons. The van der Waals surface area contributed by atoms with E-state index < -0.39 is 0 Å². The first-order valence-corrected chi connectivity index (χ1v) is 6.23. The van der Waals surface area contributed by atoms with Gasteiger partial charge in [-0.2, -0.15) is 0 Å². The molecule has 0 aliphatic heterocycles. The van der Waals surface area contributed by atoms with E-state index >= 15 is 0 Å². The minimum Gasteiger partial charge on any atom is -0.377 e. The summed E-state index contributed by atoms with van der Waals surface area (Å²) < 4.78 is 5.91. The van der Waals surface area contributed by atoms with E-state index in [4.69, 9.17) is 4.74 Å². The van der Waals surface area contributed by atoms with Crippen LogP contribution < -0.4 is 5.32 Å². The zero-order valence-electron chi connectivity index (χ0n) is 9.72. The second kappa shape index (κ2) is 7.24. The highest BCUT2D eigenvalue weighted by atomic mass is 16.5. The average molecular weight is 199 g/mol. The van der Waals surface area contributed by atoms with Crippen molar-refractivity contribution < 1.29 is 4.74 Å². The van der Waals surface area contributed by atoms with Crippen molar-refractivity contribution in [1.29, 1.82) is 0 Å². The molecule has 2 nitrogen and oxygen atoms in total. The molecule has 2 atom stereocenters. The van der Waals surface area contributed by atoms with E-state index in [9.17, 15) is 0 Å². The van der Waals surface area contributed by atoms with Crippen molar-refractivity contribution in [1.82, 2.24) is 5.32 Å². The van der Waals surface area contributed by atoms with E-state index in [1.807, 2.05) is 0 Å². The lowest BCUT2D eigenvalue weighted by molar-refractivity contribution is 0.0229. The Labute approximate surface area is 88.4 Å². The predicted octanol–water partition coefficient (Wildman–Crippen LogP) is 2.72. The quantitative estimate of drug-likeness (QED) is 0.687. The van der Waals surface area contributed by atoms with Crippen LogP contribution in [0.25, 0.3) is 0 Å². The van der Waals surface area contributed by atoms with E-state index in [0.717, 1.165) is 19.6 Å². The molecule has 2 heteroatoms. The molecule has 2 unspecified atom stereocenters. The lowest BCUT2D eigenvalue weighted by Crippen LogP contribution is -2.40. The summed E-state index contributed by atoms with van der Waals surface area (Å²) in [5.74, 6) is 0. The minimum atomic E-state index is 0.470. The van der Waals surface area contributed by atoms with Gasteiger partial charge < -0.3 is 10.1 Å². The molecule has 0 radical (unpaired) electrons. The maximum Gasteiger partial charge on any atom is 0.0728 e. The van der Waals surface area contributed by atoms with Crippen molar-refractivity contribution in [2.75, 3.05) is 13.2 Å². The van der Waals surface area contributed by atoms with Crippen LogP contribution in [-0.4, -0.2) is 25.3 Å². The van der Waals surface area contributed by atoms with Gasteiger partial charge in [0, 0.05) is 12.6 Å². The van der Waals surface area contributed by atoms with Crippen LogP contribution in [0.15, 0.2) is 0 Å². The summed E-state index contributed by atoms with van der Waals surface area (Å²) in [5, 5.41) is 3.56. The molecular formula is C12H25NO. The van der Waals surface area contributed by atoms with Gasteiger partial charge in [0.2, 0.25) is 0 Å². The van der Waals surface area contributed by atoms with Gasteiger partial charge in [-0.25, -0.2) is 0 Å². The Bertz CT molecular complexity index is 138. The first kappa shape index (κ1) is 12.0. The highest BCUT2D eigenvalue weighted by Gasteiger charge is 2.22. The third kappa shape index (κ3) is 3.97. The number of likely N-dealkylation sites (N-methyl/N-ethyl adjacent to an activating group) is 1. The van der Waals surface area contributed by atoms with Gasteiger partial charge in [0.25, 0.3) is 0 Å². The van der Waals surface area contributed by atoms with Gasteiger partial charge in [-0.15, -0.1) is 0 Å². The molecule has 14 heavy (non-hydrogen) atoms. The Kier molecular flexibility index (Phi) is 6.20. The number of nitrogens with one attached hydrogen (secondary N) is 1. The van der Waals surface area contributed by atoms with Gasteiger partial charge in [-0.05, 0) is 25.8 Å². The number of hydrogen-bond donors (Lipinski definition) is 1. The monoisotopic (exact) mass is 199 g/mol. The topological polar surface area (TPSA) is 21.3 Å². The Morgan fingerprint density at radius 2 is 1.93 bits per heavy atom. The van der Waals surface area contributed by atoms with Crippen LogP contribution in [0.1, 0.15) is 52.4 Å². The Hall–Kier alpha value is -0.0800. The van der Waals surface area contributed by atoms with Gasteiger partial charge in [-0.3, -0.25) is 0 Å². The molecule has 0 spiro atoms. The van der Waals surface area contributed by atoms with E-state index in [1.165, 1.54) is 32.1 Å². The van der Waals surface area contributed by atoms with Crippen LogP contribution in [0, 0.1) is 0 Å². The van der Waals surface area contributed by atoms with Gasteiger partial charge in [-0.1, -0.05) is 33.1 Å². The zero-order chi connectivity index (χ0) is 10.2. The molecule has 0 amide bonds. The highest BCUT2D eigenvalue weighted by molar-refractivity contribution is 4.79. The Morgan fingerprint density at radius 1 is 1.14 bits per heavy atom. The third-order valence-electron chi connectivity index (χ3n) is 2.95. The molecule has 0 aromatic rings. The van der Waals surface area contributed by atoms with Crippen LogP contribution in [0.3, 0.4) is 0 Å².